The smallest absolute Gasteiger partial charge is 0.0355 e. The number of rotatable bonds is 1. The fourth-order valence-electron chi connectivity index (χ4n) is 1.22. The van der Waals surface area contributed by atoms with Crippen LogP contribution < -0.4 is 0 Å². The minimum Gasteiger partial charge on any atom is -0.311 e. The predicted octanol–water partition coefficient (Wildman–Crippen LogP) is 2.10. The molecule has 1 fully saturated rings. The van der Waals surface area contributed by atoms with Gasteiger partial charge in [-0.05, 0) is 13.3 Å². The van der Waals surface area contributed by atoms with Gasteiger partial charge >= 0.3 is 0 Å². The summed E-state index contributed by atoms with van der Waals surface area (Å²) in [5.74, 6) is 0. The van der Waals surface area contributed by atoms with Gasteiger partial charge in [0.25, 0.3) is 0 Å². The molecule has 1 rings (SSSR count). The molecule has 2 heteroatoms. The Kier molecular flexibility index (Phi) is 4.95. The Morgan fingerprint density at radius 2 is 1.82 bits per heavy atom. The van der Waals surface area contributed by atoms with Gasteiger partial charge in [0, 0.05) is 25.8 Å². The van der Waals surface area contributed by atoms with Gasteiger partial charge in [0.2, 0.25) is 0 Å². The second-order valence-corrected chi connectivity index (χ2v) is 2.59. The summed E-state index contributed by atoms with van der Waals surface area (Å²) >= 11 is 0. The Hall–Kier alpha value is -0.500. The van der Waals surface area contributed by atoms with E-state index in [1.165, 1.54) is 13.0 Å². The van der Waals surface area contributed by atoms with Crippen LogP contribution in [-0.4, -0.2) is 30.2 Å². The zero-order valence-electron chi connectivity index (χ0n) is 8.22. The average Bonchev–Trinajstić information content (AvgIpc) is 2.39. The fraction of sp³-hybridized carbons (Fsp3) is 0.778. The Morgan fingerprint density at radius 3 is 2.00 bits per heavy atom. The van der Waals surface area contributed by atoms with Crippen LogP contribution in [0.5, 0.6) is 0 Å². The minimum atomic E-state index is 1.14. The zero-order valence-corrected chi connectivity index (χ0v) is 8.22. The third-order valence-electron chi connectivity index (χ3n) is 1.70. The van der Waals surface area contributed by atoms with E-state index in [2.05, 4.69) is 23.6 Å². The lowest BCUT2D eigenvalue weighted by molar-refractivity contribution is 0.0995. The average molecular weight is 156 g/mol. The number of hydrazine groups is 1. The summed E-state index contributed by atoms with van der Waals surface area (Å²) in [4.78, 5) is 0. The van der Waals surface area contributed by atoms with Crippen LogP contribution in [0.2, 0.25) is 0 Å². The number of hydrogen-bond donors (Lipinski definition) is 0. The van der Waals surface area contributed by atoms with Gasteiger partial charge in [0.15, 0.2) is 0 Å². The molecule has 0 bridgehead atoms. The van der Waals surface area contributed by atoms with Crippen LogP contribution in [0.15, 0.2) is 12.3 Å². The first kappa shape index (κ1) is 10.5. The second kappa shape index (κ2) is 5.19. The van der Waals surface area contributed by atoms with Gasteiger partial charge in [0.05, 0.1) is 0 Å². The van der Waals surface area contributed by atoms with E-state index in [4.69, 9.17) is 0 Å². The molecular weight excluding hydrogens is 136 g/mol. The van der Waals surface area contributed by atoms with Crippen LogP contribution in [0, 0.1) is 0 Å². The molecule has 0 aromatic rings. The molecule has 11 heavy (non-hydrogen) atoms. The van der Waals surface area contributed by atoms with Crippen molar-refractivity contribution in [2.24, 2.45) is 0 Å². The largest absolute Gasteiger partial charge is 0.311 e. The maximum atomic E-state index is 3.87. The van der Waals surface area contributed by atoms with Crippen molar-refractivity contribution < 1.29 is 0 Å². The first-order chi connectivity index (χ1) is 5.22. The van der Waals surface area contributed by atoms with E-state index in [0.29, 0.717) is 0 Å². The van der Waals surface area contributed by atoms with E-state index >= 15 is 0 Å². The lowest BCUT2D eigenvalue weighted by Gasteiger charge is -2.25. The molecule has 0 aliphatic carbocycles. The van der Waals surface area contributed by atoms with E-state index in [-0.39, 0.29) is 0 Å². The van der Waals surface area contributed by atoms with E-state index in [1.807, 2.05) is 20.8 Å². The van der Waals surface area contributed by atoms with Gasteiger partial charge in [-0.25, -0.2) is 5.01 Å². The maximum absolute atomic E-state index is 3.87. The van der Waals surface area contributed by atoms with Crippen LogP contribution in [0.3, 0.4) is 0 Å². The highest BCUT2D eigenvalue weighted by Crippen LogP contribution is 2.11. The molecule has 1 aliphatic rings. The van der Waals surface area contributed by atoms with Crippen molar-refractivity contribution in [3.05, 3.63) is 12.3 Å². The van der Waals surface area contributed by atoms with Gasteiger partial charge in [-0.1, -0.05) is 20.4 Å². The summed E-state index contributed by atoms with van der Waals surface area (Å²) in [6, 6.07) is 0. The quantitative estimate of drug-likeness (QED) is 0.573. The van der Waals surface area contributed by atoms with Crippen molar-refractivity contribution >= 4 is 0 Å². The van der Waals surface area contributed by atoms with Crippen LogP contribution in [0.4, 0.5) is 0 Å². The topological polar surface area (TPSA) is 6.48 Å². The molecule has 0 atom stereocenters. The van der Waals surface area contributed by atoms with Gasteiger partial charge in [0.1, 0.15) is 0 Å². The third-order valence-corrected chi connectivity index (χ3v) is 1.70. The molecule has 1 saturated heterocycles. The number of nitrogens with zero attached hydrogens (tertiary/aromatic N) is 2. The van der Waals surface area contributed by atoms with Crippen molar-refractivity contribution in [2.75, 3.05) is 20.1 Å². The Bertz CT molecular complexity index is 121. The molecule has 0 N–H and O–H groups in total. The molecule has 0 amide bonds. The van der Waals surface area contributed by atoms with Crippen LogP contribution in [-0.2, 0) is 0 Å². The van der Waals surface area contributed by atoms with Gasteiger partial charge in [-0.15, -0.1) is 0 Å². The van der Waals surface area contributed by atoms with Gasteiger partial charge in [-0.2, -0.15) is 0 Å². The molecule has 1 heterocycles. The minimum absolute atomic E-state index is 1.14. The first-order valence-corrected chi connectivity index (χ1v) is 4.36. The van der Waals surface area contributed by atoms with Crippen LogP contribution in [0.1, 0.15) is 27.2 Å². The molecular formula is C9H20N2. The molecule has 0 aromatic heterocycles. The molecule has 0 unspecified atom stereocenters. The van der Waals surface area contributed by atoms with Crippen molar-refractivity contribution in [3.8, 4) is 0 Å². The van der Waals surface area contributed by atoms with Crippen molar-refractivity contribution in [2.45, 2.75) is 27.2 Å². The molecule has 0 spiro atoms. The van der Waals surface area contributed by atoms with E-state index in [1.54, 1.807) is 0 Å². The SMILES string of the molecule is C=C(C)N1CCCN1C.CC. The summed E-state index contributed by atoms with van der Waals surface area (Å²) < 4.78 is 0. The lowest BCUT2D eigenvalue weighted by atomic mass is 10.4. The third kappa shape index (κ3) is 2.93. The summed E-state index contributed by atoms with van der Waals surface area (Å²) in [5.41, 5.74) is 1.15. The van der Waals surface area contributed by atoms with Gasteiger partial charge in [-0.3, -0.25) is 0 Å². The predicted molar refractivity (Wildman–Crippen MR) is 50.1 cm³/mol. The maximum Gasteiger partial charge on any atom is 0.0355 e. The Balaban J connectivity index is 0.000000461. The highest BCUT2D eigenvalue weighted by molar-refractivity contribution is 4.88. The van der Waals surface area contributed by atoms with Gasteiger partial charge < -0.3 is 5.01 Å². The number of hydrogen-bond acceptors (Lipinski definition) is 2. The Labute approximate surface area is 70.5 Å². The second-order valence-electron chi connectivity index (χ2n) is 2.59. The zero-order chi connectivity index (χ0) is 8.85. The van der Waals surface area contributed by atoms with E-state index in [0.717, 1.165) is 12.2 Å². The summed E-state index contributed by atoms with van der Waals surface area (Å²) in [5, 5.41) is 4.42. The Morgan fingerprint density at radius 1 is 1.27 bits per heavy atom. The van der Waals surface area contributed by atoms with Crippen molar-refractivity contribution in [1.82, 2.24) is 10.0 Å². The molecule has 0 radical (unpaired) electrons. The van der Waals surface area contributed by atoms with E-state index in [9.17, 15) is 0 Å². The number of allylic oxidation sites excluding steroid dienone is 1. The molecule has 2 nitrogen and oxygen atoms in total. The first-order valence-electron chi connectivity index (χ1n) is 4.36. The van der Waals surface area contributed by atoms with Crippen molar-refractivity contribution in [1.29, 1.82) is 0 Å². The standard InChI is InChI=1S/C7H14N2.C2H6/c1-7(2)9-6-4-5-8(9)3;1-2/h1,4-6H2,2-3H3;1-2H3. The van der Waals surface area contributed by atoms with Crippen LogP contribution in [0.25, 0.3) is 0 Å². The van der Waals surface area contributed by atoms with E-state index < -0.39 is 0 Å². The summed E-state index contributed by atoms with van der Waals surface area (Å²) in [6.45, 7) is 12.2. The summed E-state index contributed by atoms with van der Waals surface area (Å²) in [6.07, 6.45) is 1.27. The molecule has 0 aromatic carbocycles. The fourth-order valence-corrected chi connectivity index (χ4v) is 1.22. The monoisotopic (exact) mass is 156 g/mol. The van der Waals surface area contributed by atoms with Crippen LogP contribution >= 0.6 is 0 Å². The molecule has 1 aliphatic heterocycles. The molecule has 0 saturated carbocycles. The highest BCUT2D eigenvalue weighted by atomic mass is 15.6. The highest BCUT2D eigenvalue weighted by Gasteiger charge is 2.15. The lowest BCUT2D eigenvalue weighted by Crippen LogP contribution is -2.30. The summed E-state index contributed by atoms with van der Waals surface area (Å²) in [7, 11) is 2.10. The van der Waals surface area contributed by atoms with Crippen molar-refractivity contribution in [3.63, 3.8) is 0 Å². The normalized spacial score (nSPS) is 17.6. The molecule has 66 valence electrons.